The first-order chi connectivity index (χ1) is 50.8. The maximum Gasteiger partial charge on any atom is 0.161 e. The summed E-state index contributed by atoms with van der Waals surface area (Å²) in [5.41, 5.74) is 3.43. The molecule has 6 aromatic heterocycles. The Labute approximate surface area is 656 Å². The van der Waals surface area contributed by atoms with Crippen molar-refractivity contribution in [2.45, 2.75) is 255 Å². The summed E-state index contributed by atoms with van der Waals surface area (Å²) in [5, 5.41) is 15.7. The van der Waals surface area contributed by atoms with Gasteiger partial charge in [0.05, 0.1) is 28.9 Å². The lowest BCUT2D eigenvalue weighted by Crippen LogP contribution is -2.14. The molecule has 0 radical (unpaired) electrons. The minimum Gasteiger partial charge on any atom is -0.486 e. The molecule has 1 aliphatic heterocycles. The number of nitrogens with zero attached hydrogens (tertiary/aromatic N) is 9. The number of hydrogen-bond donors (Lipinski definition) is 0. The van der Waals surface area contributed by atoms with Crippen LogP contribution in [0, 0.1) is 35.5 Å². The number of pyridine rings is 2. The third-order valence-corrected chi connectivity index (χ3v) is 9.36. The van der Waals surface area contributed by atoms with E-state index in [1.54, 1.807) is 23.3 Å². The molecule has 0 fully saturated rings. The first kappa shape index (κ1) is 119. The molecule has 12 rings (SSSR count). The molecule has 604 valence electrons. The standard InChI is InChI=1S/C9H7N.2C8H8N2.C8H8O2.C7H11N.C6H6.C5H5N.C4H6N2.6C4H10.8C2H6/c1-2-6-9-8(4-1)5-3-7-10-9;2*1-10-8-5-3-2-4-7(8)6-9-10;1-2-4-8-7(3-1)9-5-6-10-8;1-7(2)8-5-3-4-6-8;2*1-2-4-6-5-3-1;1-6-4-2-3-5-6;6*1-4(2)3;8*1-2/h1-7H;2*2-6H,1H3;1-4H,5-6H2;3-7H,1-2H3;1-6H;1-5H;2-4H,1H3;6*4H,1-3H3;8*1-2H3. The van der Waals surface area contributed by atoms with Gasteiger partial charge in [0.25, 0.3) is 0 Å². The number of fused-ring (bicyclic) bond motifs is 4. The van der Waals surface area contributed by atoms with Gasteiger partial charge in [-0.15, -0.1) is 0 Å². The quantitative estimate of drug-likeness (QED) is 0.161. The zero-order valence-corrected chi connectivity index (χ0v) is 75.8. The fourth-order valence-electron chi connectivity index (χ4n) is 5.95. The molecule has 0 saturated heterocycles. The second-order valence-electron chi connectivity index (χ2n) is 25.0. The van der Waals surface area contributed by atoms with Gasteiger partial charge in [-0.2, -0.15) is 15.3 Å². The third kappa shape index (κ3) is 89.9. The molecule has 11 heteroatoms. The highest BCUT2D eigenvalue weighted by molar-refractivity contribution is 5.79. The number of para-hydroxylation sites is 5. The van der Waals surface area contributed by atoms with E-state index in [4.69, 9.17) is 9.47 Å². The van der Waals surface area contributed by atoms with Crippen molar-refractivity contribution in [1.29, 1.82) is 0 Å². The van der Waals surface area contributed by atoms with E-state index in [-0.39, 0.29) is 0 Å². The predicted octanol–water partition coefficient (Wildman–Crippen LogP) is 30.3. The summed E-state index contributed by atoms with van der Waals surface area (Å²) in [6.45, 7) is 76.7. The highest BCUT2D eigenvalue weighted by Crippen LogP contribution is 2.28. The molecule has 0 N–H and O–H groups in total. The maximum atomic E-state index is 5.30. The third-order valence-electron chi connectivity index (χ3n) is 9.36. The lowest BCUT2D eigenvalue weighted by atomic mass is 10.2. The summed E-state index contributed by atoms with van der Waals surface area (Å²) in [6.07, 6.45) is 16.8. The van der Waals surface area contributed by atoms with Gasteiger partial charge in [0.1, 0.15) is 13.2 Å². The monoisotopic (exact) mass is 1470 g/mol. The van der Waals surface area contributed by atoms with Gasteiger partial charge in [0, 0.05) is 86.7 Å². The lowest BCUT2D eigenvalue weighted by Gasteiger charge is -2.17. The van der Waals surface area contributed by atoms with E-state index in [2.05, 4.69) is 217 Å². The van der Waals surface area contributed by atoms with Gasteiger partial charge in [-0.3, -0.25) is 24.0 Å². The maximum absolute atomic E-state index is 5.30. The second kappa shape index (κ2) is 94.7. The first-order valence-electron chi connectivity index (χ1n) is 40.1. The van der Waals surface area contributed by atoms with Crippen LogP contribution in [0.4, 0.5) is 0 Å². The number of rotatable bonds is 1. The van der Waals surface area contributed by atoms with Crippen LogP contribution in [0.3, 0.4) is 0 Å². The summed E-state index contributed by atoms with van der Waals surface area (Å²) >= 11 is 0. The minimum atomic E-state index is 0.602. The van der Waals surface area contributed by atoms with Crippen LogP contribution in [0.15, 0.2) is 238 Å². The van der Waals surface area contributed by atoms with Gasteiger partial charge >= 0.3 is 0 Å². The lowest BCUT2D eigenvalue weighted by molar-refractivity contribution is 0.171. The molecule has 0 bridgehead atoms. The van der Waals surface area contributed by atoms with Crippen LogP contribution in [0.1, 0.15) is 255 Å². The van der Waals surface area contributed by atoms with E-state index in [1.807, 2.05) is 312 Å². The summed E-state index contributed by atoms with van der Waals surface area (Å²) < 4.78 is 18.3. The average Bonchev–Trinajstić information content (AvgIpc) is 1.64. The number of hydrogen-bond acceptors (Lipinski definition) is 7. The molecule has 0 spiro atoms. The van der Waals surface area contributed by atoms with E-state index in [0.717, 1.165) is 52.5 Å². The molecule has 0 aliphatic carbocycles. The fourth-order valence-corrected chi connectivity index (χ4v) is 5.95. The van der Waals surface area contributed by atoms with Crippen molar-refractivity contribution in [1.82, 2.24) is 43.9 Å². The van der Waals surface area contributed by atoms with Crippen molar-refractivity contribution in [2.75, 3.05) is 13.2 Å². The van der Waals surface area contributed by atoms with Crippen LogP contribution in [0.2, 0.25) is 0 Å². The van der Waals surface area contributed by atoms with Crippen LogP contribution < -0.4 is 9.47 Å². The Morgan fingerprint density at radius 3 is 0.821 bits per heavy atom. The number of ether oxygens (including phenoxy) is 2. The van der Waals surface area contributed by atoms with Crippen molar-refractivity contribution < 1.29 is 9.47 Å². The number of aryl methyl sites for hydroxylation is 3. The van der Waals surface area contributed by atoms with Gasteiger partial charge in [-0.1, -0.05) is 351 Å². The Hall–Kier alpha value is -8.31. The van der Waals surface area contributed by atoms with Gasteiger partial charge in [-0.05, 0) is 116 Å². The van der Waals surface area contributed by atoms with Gasteiger partial charge < -0.3 is 14.0 Å². The van der Waals surface area contributed by atoms with E-state index in [9.17, 15) is 0 Å². The summed E-state index contributed by atoms with van der Waals surface area (Å²) in [7, 11) is 5.78. The Morgan fingerprint density at radius 1 is 0.283 bits per heavy atom. The summed E-state index contributed by atoms with van der Waals surface area (Å²) in [4.78, 5) is 7.97. The normalized spacial score (nSPS) is 9.00. The topological polar surface area (TPSA) is 103 Å². The summed E-state index contributed by atoms with van der Waals surface area (Å²) in [5.74, 6) is 6.71. The Morgan fingerprint density at radius 2 is 0.575 bits per heavy atom. The van der Waals surface area contributed by atoms with Crippen LogP contribution in [-0.4, -0.2) is 57.1 Å². The molecule has 7 heterocycles. The van der Waals surface area contributed by atoms with E-state index < -0.39 is 0 Å². The van der Waals surface area contributed by atoms with Gasteiger partial charge in [0.15, 0.2) is 11.5 Å². The summed E-state index contributed by atoms with van der Waals surface area (Å²) in [6, 6.07) is 60.4. The zero-order chi connectivity index (χ0) is 83.9. The first-order valence-corrected chi connectivity index (χ1v) is 40.1. The molecule has 11 aromatic rings. The van der Waals surface area contributed by atoms with Crippen molar-refractivity contribution in [3.8, 4) is 11.5 Å². The molecule has 0 unspecified atom stereocenters. The van der Waals surface area contributed by atoms with E-state index in [1.165, 1.54) is 27.2 Å². The SMILES string of the molecule is CC.CC.CC.CC.CC.CC.CC.CC.CC(C)C.CC(C)C.CC(C)C.CC(C)C.CC(C)C.CC(C)C.CC(C)n1cccc1.Cn1cccn1.Cn1ncc2ccccc21.Cn1ncc2ccccc21.c1ccc2c(c1)OCCO2.c1ccc2ncccc2c1.c1ccccc1.c1ccncc1. The van der Waals surface area contributed by atoms with Crippen molar-refractivity contribution in [2.24, 2.45) is 56.7 Å². The zero-order valence-electron chi connectivity index (χ0n) is 75.8. The average molecular weight is 1470 g/mol. The molecule has 0 saturated carbocycles. The van der Waals surface area contributed by atoms with Gasteiger partial charge in [0.2, 0.25) is 0 Å². The largest absolute Gasteiger partial charge is 0.486 e. The molecule has 106 heavy (non-hydrogen) atoms. The Bertz CT molecular complexity index is 2910. The number of benzene rings is 5. The molecule has 0 amide bonds. The highest BCUT2D eigenvalue weighted by Gasteiger charge is 2.08. The molecule has 0 atom stereocenters. The van der Waals surface area contributed by atoms with Crippen LogP contribution in [0.5, 0.6) is 11.5 Å². The molecule has 1 aliphatic rings. The molecular formula is C95H167N9O2. The molecule has 11 nitrogen and oxygen atoms in total. The Kier molecular flexibility index (Phi) is 106. The smallest absolute Gasteiger partial charge is 0.161 e. The fraction of sp³-hybridized carbons (Fsp3) is 0.505. The molecule has 5 aromatic carbocycles. The van der Waals surface area contributed by atoms with Crippen LogP contribution in [0.25, 0.3) is 32.7 Å². The van der Waals surface area contributed by atoms with Gasteiger partial charge in [-0.25, -0.2) is 0 Å². The van der Waals surface area contributed by atoms with Crippen molar-refractivity contribution in [3.05, 3.63) is 238 Å². The van der Waals surface area contributed by atoms with E-state index in [0.29, 0.717) is 19.3 Å². The minimum absolute atomic E-state index is 0.602. The number of aromatic nitrogens is 9. The van der Waals surface area contributed by atoms with Crippen LogP contribution >= 0.6 is 0 Å². The Balaban J connectivity index is -0.000000117. The predicted molar refractivity (Wildman–Crippen MR) is 483 cm³/mol. The highest BCUT2D eigenvalue weighted by atomic mass is 16.6. The molecular weight excluding hydrogens is 1300 g/mol. The van der Waals surface area contributed by atoms with Crippen molar-refractivity contribution >= 4 is 32.7 Å². The second-order valence-corrected chi connectivity index (χ2v) is 25.0. The van der Waals surface area contributed by atoms with Crippen LogP contribution in [-0.2, 0) is 21.1 Å². The van der Waals surface area contributed by atoms with E-state index >= 15 is 0 Å². The van der Waals surface area contributed by atoms with Crippen molar-refractivity contribution in [3.63, 3.8) is 0 Å².